The zero-order valence-electron chi connectivity index (χ0n) is 9.52. The monoisotopic (exact) mass is 182 g/mol. The van der Waals surface area contributed by atoms with Gasteiger partial charge in [-0.1, -0.05) is 71.6 Å². The van der Waals surface area contributed by atoms with Crippen molar-refractivity contribution in [3.05, 3.63) is 0 Å². The minimum Gasteiger partial charge on any atom is -0.0654 e. The maximum absolute atomic E-state index is 2.45. The Kier molecular flexibility index (Phi) is 5.50. The largest absolute Gasteiger partial charge is 0.0654 e. The zero-order chi connectivity index (χ0) is 9.52. The average molecular weight is 182 g/mol. The van der Waals surface area contributed by atoms with Crippen LogP contribution >= 0.6 is 0 Å². The molecule has 0 saturated heterocycles. The lowest BCUT2D eigenvalue weighted by atomic mass is 9.92. The van der Waals surface area contributed by atoms with Gasteiger partial charge in [-0.15, -0.1) is 0 Å². The first kappa shape index (κ1) is 11.1. The van der Waals surface area contributed by atoms with Crippen LogP contribution in [-0.2, 0) is 0 Å². The fourth-order valence-corrected chi connectivity index (χ4v) is 2.66. The molecule has 1 saturated carbocycles. The van der Waals surface area contributed by atoms with Gasteiger partial charge in [-0.2, -0.15) is 0 Å². The van der Waals surface area contributed by atoms with Crippen molar-refractivity contribution in [2.45, 2.75) is 71.6 Å². The third-order valence-electron chi connectivity index (χ3n) is 3.72. The fourth-order valence-electron chi connectivity index (χ4n) is 2.66. The molecule has 1 rings (SSSR count). The highest BCUT2D eigenvalue weighted by atomic mass is 14.3. The summed E-state index contributed by atoms with van der Waals surface area (Å²) >= 11 is 0. The molecule has 0 aromatic heterocycles. The highest BCUT2D eigenvalue weighted by Gasteiger charge is 2.22. The van der Waals surface area contributed by atoms with Crippen LogP contribution in [-0.4, -0.2) is 0 Å². The molecule has 2 unspecified atom stereocenters. The maximum Gasteiger partial charge on any atom is -0.0388 e. The van der Waals surface area contributed by atoms with Gasteiger partial charge in [0.25, 0.3) is 0 Å². The molecule has 0 spiro atoms. The topological polar surface area (TPSA) is 0 Å². The molecule has 78 valence electrons. The standard InChI is InChI=1S/C13H26/c1-3-4-5-6-7-10-13-11-8-9-12(13)2/h12-13H,3-11H2,1-2H3. The summed E-state index contributed by atoms with van der Waals surface area (Å²) in [7, 11) is 0. The van der Waals surface area contributed by atoms with Gasteiger partial charge in [0.2, 0.25) is 0 Å². The van der Waals surface area contributed by atoms with Gasteiger partial charge in [0.05, 0.1) is 0 Å². The van der Waals surface area contributed by atoms with Crippen molar-refractivity contribution in [1.29, 1.82) is 0 Å². The predicted molar refractivity (Wildman–Crippen MR) is 59.9 cm³/mol. The Balaban J connectivity index is 1.93. The normalized spacial score (nSPS) is 28.2. The lowest BCUT2D eigenvalue weighted by Crippen LogP contribution is -2.03. The lowest BCUT2D eigenvalue weighted by Gasteiger charge is -2.14. The van der Waals surface area contributed by atoms with Gasteiger partial charge >= 0.3 is 0 Å². The van der Waals surface area contributed by atoms with E-state index in [-0.39, 0.29) is 0 Å². The van der Waals surface area contributed by atoms with Crippen LogP contribution in [0.25, 0.3) is 0 Å². The number of unbranched alkanes of at least 4 members (excludes halogenated alkanes) is 4. The van der Waals surface area contributed by atoms with E-state index < -0.39 is 0 Å². The van der Waals surface area contributed by atoms with Crippen molar-refractivity contribution in [2.24, 2.45) is 11.8 Å². The quantitative estimate of drug-likeness (QED) is 0.518. The Hall–Kier alpha value is 0. The minimum absolute atomic E-state index is 1.03. The summed E-state index contributed by atoms with van der Waals surface area (Å²) in [6.07, 6.45) is 13.3. The highest BCUT2D eigenvalue weighted by molar-refractivity contribution is 4.73. The van der Waals surface area contributed by atoms with Crippen molar-refractivity contribution < 1.29 is 0 Å². The second-order valence-electron chi connectivity index (χ2n) is 4.87. The van der Waals surface area contributed by atoms with E-state index in [0.29, 0.717) is 0 Å². The van der Waals surface area contributed by atoms with E-state index in [4.69, 9.17) is 0 Å². The summed E-state index contributed by atoms with van der Waals surface area (Å²) < 4.78 is 0. The molecule has 0 bridgehead atoms. The van der Waals surface area contributed by atoms with Crippen molar-refractivity contribution in [2.75, 3.05) is 0 Å². The third kappa shape index (κ3) is 4.15. The summed E-state index contributed by atoms with van der Waals surface area (Å²) in [5, 5.41) is 0. The summed E-state index contributed by atoms with van der Waals surface area (Å²) in [5.41, 5.74) is 0. The molecule has 0 heteroatoms. The van der Waals surface area contributed by atoms with E-state index in [0.717, 1.165) is 11.8 Å². The van der Waals surface area contributed by atoms with Crippen LogP contribution in [0.3, 0.4) is 0 Å². The second-order valence-corrected chi connectivity index (χ2v) is 4.87. The van der Waals surface area contributed by atoms with Crippen molar-refractivity contribution in [1.82, 2.24) is 0 Å². The van der Waals surface area contributed by atoms with Crippen LogP contribution in [0.5, 0.6) is 0 Å². The fraction of sp³-hybridized carbons (Fsp3) is 1.00. The van der Waals surface area contributed by atoms with Gasteiger partial charge in [-0.25, -0.2) is 0 Å². The first-order chi connectivity index (χ1) is 6.34. The Labute approximate surface area is 84.1 Å². The Morgan fingerprint density at radius 1 is 1.00 bits per heavy atom. The summed E-state index contributed by atoms with van der Waals surface area (Å²) in [4.78, 5) is 0. The SMILES string of the molecule is CCCCCCCC1CCCC1C. The van der Waals surface area contributed by atoms with E-state index >= 15 is 0 Å². The molecular weight excluding hydrogens is 156 g/mol. The number of rotatable bonds is 6. The second kappa shape index (κ2) is 6.45. The molecule has 0 N–H and O–H groups in total. The molecule has 1 fully saturated rings. The first-order valence-corrected chi connectivity index (χ1v) is 6.34. The molecular formula is C13H26. The van der Waals surface area contributed by atoms with E-state index in [9.17, 15) is 0 Å². The zero-order valence-corrected chi connectivity index (χ0v) is 9.52. The van der Waals surface area contributed by atoms with Crippen molar-refractivity contribution in [3.63, 3.8) is 0 Å². The maximum atomic E-state index is 2.45. The summed E-state index contributed by atoms with van der Waals surface area (Å²) in [6, 6.07) is 0. The van der Waals surface area contributed by atoms with Gasteiger partial charge < -0.3 is 0 Å². The summed E-state index contributed by atoms with van der Waals surface area (Å²) in [5.74, 6) is 2.12. The van der Waals surface area contributed by atoms with Gasteiger partial charge in [0.1, 0.15) is 0 Å². The molecule has 0 amide bonds. The molecule has 0 aromatic carbocycles. The van der Waals surface area contributed by atoms with E-state index in [1.54, 1.807) is 0 Å². The predicted octanol–water partition coefficient (Wildman–Crippen LogP) is 4.78. The van der Waals surface area contributed by atoms with Crippen LogP contribution in [0.2, 0.25) is 0 Å². The van der Waals surface area contributed by atoms with Crippen LogP contribution in [0.15, 0.2) is 0 Å². The highest BCUT2D eigenvalue weighted by Crippen LogP contribution is 2.34. The third-order valence-corrected chi connectivity index (χ3v) is 3.72. The van der Waals surface area contributed by atoms with E-state index in [1.165, 1.54) is 57.8 Å². The molecule has 0 aromatic rings. The van der Waals surface area contributed by atoms with Gasteiger partial charge in [-0.3, -0.25) is 0 Å². The minimum atomic E-state index is 1.03. The van der Waals surface area contributed by atoms with Crippen molar-refractivity contribution >= 4 is 0 Å². The molecule has 1 aliphatic carbocycles. The van der Waals surface area contributed by atoms with Crippen molar-refractivity contribution in [3.8, 4) is 0 Å². The Morgan fingerprint density at radius 3 is 2.38 bits per heavy atom. The smallest absolute Gasteiger partial charge is 0.0388 e. The van der Waals surface area contributed by atoms with Crippen LogP contribution in [0, 0.1) is 11.8 Å². The van der Waals surface area contributed by atoms with Crippen LogP contribution < -0.4 is 0 Å². The number of hydrogen-bond donors (Lipinski definition) is 0. The number of hydrogen-bond acceptors (Lipinski definition) is 0. The van der Waals surface area contributed by atoms with Gasteiger partial charge in [0, 0.05) is 0 Å². The molecule has 13 heavy (non-hydrogen) atoms. The summed E-state index contributed by atoms with van der Waals surface area (Å²) in [6.45, 7) is 4.74. The van der Waals surface area contributed by atoms with Gasteiger partial charge in [-0.05, 0) is 11.8 Å². The molecule has 0 aliphatic heterocycles. The van der Waals surface area contributed by atoms with Crippen LogP contribution in [0.4, 0.5) is 0 Å². The molecule has 0 heterocycles. The Bertz CT molecular complexity index is 117. The molecule has 1 aliphatic rings. The van der Waals surface area contributed by atoms with E-state index in [1.807, 2.05) is 0 Å². The van der Waals surface area contributed by atoms with Crippen LogP contribution in [0.1, 0.15) is 71.6 Å². The Morgan fingerprint density at radius 2 is 1.77 bits per heavy atom. The van der Waals surface area contributed by atoms with E-state index in [2.05, 4.69) is 13.8 Å². The molecule has 0 nitrogen and oxygen atoms in total. The first-order valence-electron chi connectivity index (χ1n) is 6.34. The average Bonchev–Trinajstić information content (AvgIpc) is 2.52. The molecule has 0 radical (unpaired) electrons. The van der Waals surface area contributed by atoms with Gasteiger partial charge in [0.15, 0.2) is 0 Å². The molecule has 2 atom stereocenters. The lowest BCUT2D eigenvalue weighted by molar-refractivity contribution is 0.374.